The molecule has 0 aromatic heterocycles. The fraction of sp³-hybridized carbons (Fsp3) is 0.440. The predicted octanol–water partition coefficient (Wildman–Crippen LogP) is 4.70. The minimum Gasteiger partial charge on any atom is -0.493 e. The van der Waals surface area contributed by atoms with Crippen molar-refractivity contribution >= 4 is 17.7 Å². The van der Waals surface area contributed by atoms with Crippen LogP contribution in [0.2, 0.25) is 0 Å². The van der Waals surface area contributed by atoms with Crippen LogP contribution in [0.3, 0.4) is 0 Å². The van der Waals surface area contributed by atoms with Gasteiger partial charge in [-0.25, -0.2) is 9.59 Å². The van der Waals surface area contributed by atoms with Crippen LogP contribution in [0.5, 0.6) is 11.5 Å². The van der Waals surface area contributed by atoms with Gasteiger partial charge in [0, 0.05) is 25.1 Å². The van der Waals surface area contributed by atoms with Crippen molar-refractivity contribution in [3.63, 3.8) is 0 Å². The summed E-state index contributed by atoms with van der Waals surface area (Å²) in [6.07, 6.45) is -0.503. The van der Waals surface area contributed by atoms with Crippen LogP contribution < -0.4 is 14.8 Å². The third kappa shape index (κ3) is 9.02. The van der Waals surface area contributed by atoms with E-state index in [1.165, 1.54) is 0 Å². The molecule has 1 atom stereocenters. The van der Waals surface area contributed by atoms with Crippen LogP contribution in [-0.4, -0.2) is 49.2 Å². The van der Waals surface area contributed by atoms with Crippen LogP contribution in [0.25, 0.3) is 0 Å². The van der Waals surface area contributed by atoms with E-state index in [0.29, 0.717) is 36.8 Å². The Bertz CT molecular complexity index is 919. The van der Waals surface area contributed by atoms with Crippen molar-refractivity contribution in [1.29, 1.82) is 0 Å². The van der Waals surface area contributed by atoms with Gasteiger partial charge in [0.1, 0.15) is 5.60 Å². The van der Waals surface area contributed by atoms with E-state index in [9.17, 15) is 14.7 Å². The number of anilines is 1. The van der Waals surface area contributed by atoms with E-state index in [-0.39, 0.29) is 6.42 Å². The standard InChI is InChI=1S/C25H33NO7/c1-6-31-22(23(27)28)16-18-9-12-20(21(15-18)30-5)32-14-13-17-7-10-19(11-8-17)26-24(29)33-25(2,3)4/h7-12,15,22H,6,13-14,16H2,1-5H3,(H,26,29)(H,27,28). The SMILES string of the molecule is CCOC(Cc1ccc(OCCc2ccc(NC(=O)OC(C)(C)C)cc2)c(OC)c1)C(=O)O. The molecule has 1 unspecified atom stereocenters. The van der Waals surface area contributed by atoms with Gasteiger partial charge in [0.25, 0.3) is 0 Å². The minimum absolute atomic E-state index is 0.240. The summed E-state index contributed by atoms with van der Waals surface area (Å²) in [4.78, 5) is 23.2. The normalized spacial score (nSPS) is 12.0. The van der Waals surface area contributed by atoms with Crippen LogP contribution in [-0.2, 0) is 27.1 Å². The molecule has 0 saturated heterocycles. The van der Waals surface area contributed by atoms with Crippen molar-refractivity contribution < 1.29 is 33.6 Å². The zero-order valence-electron chi connectivity index (χ0n) is 19.8. The molecule has 0 saturated carbocycles. The summed E-state index contributed by atoms with van der Waals surface area (Å²) in [5.74, 6) is 0.112. The average Bonchev–Trinajstić information content (AvgIpc) is 2.74. The third-order valence-electron chi connectivity index (χ3n) is 4.54. The van der Waals surface area contributed by atoms with E-state index in [1.807, 2.05) is 51.1 Å². The van der Waals surface area contributed by atoms with Crippen molar-refractivity contribution in [2.75, 3.05) is 25.6 Å². The summed E-state index contributed by atoms with van der Waals surface area (Å²) >= 11 is 0. The number of methoxy groups -OCH3 is 1. The van der Waals surface area contributed by atoms with E-state index in [1.54, 1.807) is 26.2 Å². The first kappa shape index (κ1) is 26.0. The van der Waals surface area contributed by atoms with Gasteiger partial charge in [-0.2, -0.15) is 0 Å². The fourth-order valence-electron chi connectivity index (χ4n) is 3.05. The van der Waals surface area contributed by atoms with E-state index in [0.717, 1.165) is 11.1 Å². The van der Waals surface area contributed by atoms with Crippen molar-refractivity contribution in [3.8, 4) is 11.5 Å². The van der Waals surface area contributed by atoms with Crippen molar-refractivity contribution in [3.05, 3.63) is 53.6 Å². The Morgan fingerprint density at radius 1 is 1.03 bits per heavy atom. The highest BCUT2D eigenvalue weighted by Crippen LogP contribution is 2.29. The molecule has 180 valence electrons. The summed E-state index contributed by atoms with van der Waals surface area (Å²) in [6, 6.07) is 12.8. The van der Waals surface area contributed by atoms with Crippen LogP contribution in [0.1, 0.15) is 38.8 Å². The number of hydrogen-bond donors (Lipinski definition) is 2. The van der Waals surface area contributed by atoms with Crippen molar-refractivity contribution in [2.24, 2.45) is 0 Å². The number of carbonyl (C=O) groups is 2. The highest BCUT2D eigenvalue weighted by molar-refractivity contribution is 5.84. The first-order valence-electron chi connectivity index (χ1n) is 10.8. The molecule has 1 amide bonds. The summed E-state index contributed by atoms with van der Waals surface area (Å²) in [6.45, 7) is 7.95. The second-order valence-electron chi connectivity index (χ2n) is 8.39. The largest absolute Gasteiger partial charge is 0.493 e. The maximum Gasteiger partial charge on any atom is 0.412 e. The Hall–Kier alpha value is -3.26. The highest BCUT2D eigenvalue weighted by atomic mass is 16.6. The second kappa shape index (κ2) is 12.1. The molecule has 2 N–H and O–H groups in total. The first-order chi connectivity index (χ1) is 15.6. The molecule has 0 aliphatic rings. The summed E-state index contributed by atoms with van der Waals surface area (Å²) in [7, 11) is 1.54. The molecule has 8 heteroatoms. The van der Waals surface area contributed by atoms with Gasteiger partial charge in [-0.05, 0) is 63.1 Å². The van der Waals surface area contributed by atoms with E-state index < -0.39 is 23.8 Å². The van der Waals surface area contributed by atoms with E-state index in [4.69, 9.17) is 18.9 Å². The number of hydrogen-bond acceptors (Lipinski definition) is 6. The zero-order valence-corrected chi connectivity index (χ0v) is 19.8. The van der Waals surface area contributed by atoms with Crippen molar-refractivity contribution in [1.82, 2.24) is 0 Å². The average molecular weight is 460 g/mol. The monoisotopic (exact) mass is 459 g/mol. The number of carboxylic acid groups (broad SMARTS) is 1. The summed E-state index contributed by atoms with van der Waals surface area (Å²) < 4.78 is 21.8. The number of amides is 1. The van der Waals surface area contributed by atoms with E-state index in [2.05, 4.69) is 5.32 Å². The number of ether oxygens (including phenoxy) is 4. The van der Waals surface area contributed by atoms with Crippen molar-refractivity contribution in [2.45, 2.75) is 52.2 Å². The molecule has 2 aromatic carbocycles. The predicted molar refractivity (Wildman–Crippen MR) is 125 cm³/mol. The van der Waals surface area contributed by atoms with Crippen LogP contribution >= 0.6 is 0 Å². The van der Waals surface area contributed by atoms with Gasteiger partial charge in [0.15, 0.2) is 17.6 Å². The highest BCUT2D eigenvalue weighted by Gasteiger charge is 2.19. The van der Waals surface area contributed by atoms with Gasteiger partial charge in [-0.3, -0.25) is 5.32 Å². The van der Waals surface area contributed by atoms with Crippen LogP contribution in [0.4, 0.5) is 10.5 Å². The molecule has 33 heavy (non-hydrogen) atoms. The lowest BCUT2D eigenvalue weighted by atomic mass is 10.1. The molecule has 0 aliphatic heterocycles. The third-order valence-corrected chi connectivity index (χ3v) is 4.54. The molecular formula is C25H33NO7. The Labute approximate surface area is 194 Å². The fourth-order valence-corrected chi connectivity index (χ4v) is 3.05. The second-order valence-corrected chi connectivity index (χ2v) is 8.39. The molecule has 8 nitrogen and oxygen atoms in total. The number of aliphatic carboxylic acids is 1. The lowest BCUT2D eigenvalue weighted by Crippen LogP contribution is -2.27. The number of carboxylic acids is 1. The maximum absolute atomic E-state index is 11.8. The van der Waals surface area contributed by atoms with Gasteiger partial charge in [-0.1, -0.05) is 18.2 Å². The number of nitrogens with one attached hydrogen (secondary N) is 1. The maximum atomic E-state index is 11.8. The molecule has 0 fully saturated rings. The van der Waals surface area contributed by atoms with Gasteiger partial charge in [0.05, 0.1) is 13.7 Å². The number of rotatable bonds is 11. The lowest BCUT2D eigenvalue weighted by molar-refractivity contribution is -0.149. The van der Waals surface area contributed by atoms with Gasteiger partial charge in [-0.15, -0.1) is 0 Å². The molecule has 0 heterocycles. The van der Waals surface area contributed by atoms with E-state index >= 15 is 0 Å². The van der Waals surface area contributed by atoms with Crippen LogP contribution in [0, 0.1) is 0 Å². The smallest absolute Gasteiger partial charge is 0.412 e. The molecule has 0 radical (unpaired) electrons. The van der Waals surface area contributed by atoms with Crippen LogP contribution in [0.15, 0.2) is 42.5 Å². The Morgan fingerprint density at radius 3 is 2.27 bits per heavy atom. The van der Waals surface area contributed by atoms with Gasteiger partial charge >= 0.3 is 12.1 Å². The molecule has 2 rings (SSSR count). The summed E-state index contributed by atoms with van der Waals surface area (Å²) in [5, 5.41) is 12.0. The molecule has 0 spiro atoms. The Kier molecular flexibility index (Phi) is 9.54. The molecular weight excluding hydrogens is 426 g/mol. The Morgan fingerprint density at radius 2 is 1.70 bits per heavy atom. The molecule has 0 aliphatic carbocycles. The van der Waals surface area contributed by atoms with Gasteiger partial charge in [0.2, 0.25) is 0 Å². The quantitative estimate of drug-likeness (QED) is 0.502. The Balaban J connectivity index is 1.90. The van der Waals surface area contributed by atoms with Gasteiger partial charge < -0.3 is 24.1 Å². The lowest BCUT2D eigenvalue weighted by Gasteiger charge is -2.19. The minimum atomic E-state index is -0.997. The topological polar surface area (TPSA) is 103 Å². The number of carbonyl (C=O) groups excluding carboxylic acids is 1. The molecule has 0 bridgehead atoms. The number of benzene rings is 2. The first-order valence-corrected chi connectivity index (χ1v) is 10.8. The zero-order chi connectivity index (χ0) is 24.4. The summed E-state index contributed by atoms with van der Waals surface area (Å²) in [5.41, 5.74) is 1.93. The molecule has 2 aromatic rings.